The number of nitrogens with zero attached hydrogens (tertiary/aromatic N) is 1. The molecule has 0 unspecified atom stereocenters. The number of carbonyl (C=O) groups is 1. The summed E-state index contributed by atoms with van der Waals surface area (Å²) in [4.78, 5) is 18.3. The van der Waals surface area contributed by atoms with Gasteiger partial charge in [-0.2, -0.15) is 13.2 Å². The molecule has 178 valence electrons. The lowest BCUT2D eigenvalue weighted by Gasteiger charge is -2.15. The molecule has 0 bridgehead atoms. The van der Waals surface area contributed by atoms with Gasteiger partial charge in [0.2, 0.25) is 0 Å². The second kappa shape index (κ2) is 10.3. The smallest absolute Gasteiger partial charge is 0.386 e. The Morgan fingerprint density at radius 3 is 2.41 bits per heavy atom. The second-order valence-electron chi connectivity index (χ2n) is 7.86. The standard InChI is InChI=1S/C25H24F3N3OS2/c1-3-33-22-12-18(17-8-6-16(7-9-17)15-4-5-15)14-30-23(22)24(32)31-21-13-19(34-25(26,27)28)10-11-20(21)29-2/h6-15,29H,3-5H2,1-2H3,(H,31,32). The summed E-state index contributed by atoms with van der Waals surface area (Å²) in [5.41, 5.74) is -0.122. The fourth-order valence-electron chi connectivity index (χ4n) is 3.63. The van der Waals surface area contributed by atoms with Crippen molar-refractivity contribution in [1.29, 1.82) is 0 Å². The normalized spacial score (nSPS) is 13.6. The summed E-state index contributed by atoms with van der Waals surface area (Å²) < 4.78 is 38.4. The number of hydrogen-bond acceptors (Lipinski definition) is 5. The first kappa shape index (κ1) is 24.5. The van der Waals surface area contributed by atoms with Crippen molar-refractivity contribution in [3.63, 3.8) is 0 Å². The molecular weight excluding hydrogens is 479 g/mol. The van der Waals surface area contributed by atoms with E-state index in [1.807, 2.05) is 13.0 Å². The zero-order valence-corrected chi connectivity index (χ0v) is 20.3. The molecule has 2 N–H and O–H groups in total. The third-order valence-electron chi connectivity index (χ3n) is 5.40. The number of halogens is 3. The summed E-state index contributed by atoms with van der Waals surface area (Å²) in [5, 5.41) is 5.63. The van der Waals surface area contributed by atoms with Gasteiger partial charge in [0, 0.05) is 28.6 Å². The number of pyridine rings is 1. The molecule has 3 aromatic rings. The zero-order valence-electron chi connectivity index (χ0n) is 18.7. The summed E-state index contributed by atoms with van der Waals surface area (Å²) in [6.07, 6.45) is 4.15. The quantitative estimate of drug-likeness (QED) is 0.309. The van der Waals surface area contributed by atoms with Crippen LogP contribution in [0.4, 0.5) is 24.5 Å². The molecule has 34 heavy (non-hydrogen) atoms. The highest BCUT2D eigenvalue weighted by Crippen LogP contribution is 2.41. The molecule has 1 amide bonds. The molecule has 0 radical (unpaired) electrons. The summed E-state index contributed by atoms with van der Waals surface area (Å²) in [6, 6.07) is 14.6. The maximum Gasteiger partial charge on any atom is 0.446 e. The molecular formula is C25H24F3N3OS2. The van der Waals surface area contributed by atoms with E-state index in [1.165, 1.54) is 48.4 Å². The summed E-state index contributed by atoms with van der Waals surface area (Å²) in [6.45, 7) is 1.99. The molecule has 1 fully saturated rings. The van der Waals surface area contributed by atoms with Crippen LogP contribution in [0, 0.1) is 0 Å². The Kier molecular flexibility index (Phi) is 7.42. The van der Waals surface area contributed by atoms with Gasteiger partial charge in [0.05, 0.1) is 11.4 Å². The third-order valence-corrected chi connectivity index (χ3v) is 7.03. The highest BCUT2D eigenvalue weighted by molar-refractivity contribution is 8.00. The van der Waals surface area contributed by atoms with Crippen LogP contribution in [0.2, 0.25) is 0 Å². The Labute approximate surface area is 205 Å². The topological polar surface area (TPSA) is 54.0 Å². The van der Waals surface area contributed by atoms with E-state index in [0.717, 1.165) is 21.8 Å². The van der Waals surface area contributed by atoms with Gasteiger partial charge in [-0.15, -0.1) is 11.8 Å². The molecule has 1 aliphatic rings. The number of anilines is 2. The number of amides is 1. The molecule has 1 saturated carbocycles. The highest BCUT2D eigenvalue weighted by atomic mass is 32.2. The molecule has 1 heterocycles. The van der Waals surface area contributed by atoms with Crippen molar-refractivity contribution in [1.82, 2.24) is 4.98 Å². The minimum Gasteiger partial charge on any atom is -0.386 e. The van der Waals surface area contributed by atoms with Crippen LogP contribution in [-0.2, 0) is 0 Å². The highest BCUT2D eigenvalue weighted by Gasteiger charge is 2.29. The molecule has 0 spiro atoms. The minimum atomic E-state index is -4.42. The molecule has 0 saturated heterocycles. The van der Waals surface area contributed by atoms with Crippen molar-refractivity contribution in [2.75, 3.05) is 23.4 Å². The van der Waals surface area contributed by atoms with Crippen LogP contribution in [0.5, 0.6) is 0 Å². The van der Waals surface area contributed by atoms with Gasteiger partial charge in [0.25, 0.3) is 5.91 Å². The van der Waals surface area contributed by atoms with E-state index in [-0.39, 0.29) is 28.0 Å². The minimum absolute atomic E-state index is 0.0112. The van der Waals surface area contributed by atoms with Gasteiger partial charge in [0.15, 0.2) is 0 Å². The van der Waals surface area contributed by atoms with Gasteiger partial charge in [0.1, 0.15) is 5.69 Å². The number of nitrogens with one attached hydrogen (secondary N) is 2. The van der Waals surface area contributed by atoms with Crippen molar-refractivity contribution in [3.05, 3.63) is 66.0 Å². The fraction of sp³-hybridized carbons (Fsp3) is 0.280. The largest absolute Gasteiger partial charge is 0.446 e. The van der Waals surface area contributed by atoms with Crippen LogP contribution in [-0.4, -0.2) is 29.2 Å². The summed E-state index contributed by atoms with van der Waals surface area (Å²) in [5.74, 6) is 0.947. The van der Waals surface area contributed by atoms with E-state index >= 15 is 0 Å². The van der Waals surface area contributed by atoms with Crippen LogP contribution in [0.1, 0.15) is 41.7 Å². The summed E-state index contributed by atoms with van der Waals surface area (Å²) >= 11 is 1.27. The fourth-order valence-corrected chi connectivity index (χ4v) is 5.01. The van der Waals surface area contributed by atoms with Gasteiger partial charge in [-0.05, 0) is 71.7 Å². The lowest BCUT2D eigenvalue weighted by Crippen LogP contribution is -2.16. The van der Waals surface area contributed by atoms with E-state index < -0.39 is 11.4 Å². The van der Waals surface area contributed by atoms with Crippen molar-refractivity contribution in [2.45, 2.75) is 41.0 Å². The average molecular weight is 504 g/mol. The first-order chi connectivity index (χ1) is 16.3. The Balaban J connectivity index is 1.59. The van der Waals surface area contributed by atoms with Crippen LogP contribution in [0.3, 0.4) is 0 Å². The summed E-state index contributed by atoms with van der Waals surface area (Å²) in [7, 11) is 1.64. The van der Waals surface area contributed by atoms with Crippen molar-refractivity contribution >= 4 is 40.8 Å². The lowest BCUT2D eigenvalue weighted by atomic mass is 10.0. The van der Waals surface area contributed by atoms with Crippen molar-refractivity contribution in [2.24, 2.45) is 0 Å². The number of aromatic nitrogens is 1. The maximum absolute atomic E-state index is 13.1. The predicted octanol–water partition coefficient (Wildman–Crippen LogP) is 7.64. The van der Waals surface area contributed by atoms with E-state index in [4.69, 9.17) is 0 Å². The van der Waals surface area contributed by atoms with Gasteiger partial charge in [-0.25, -0.2) is 4.98 Å². The third kappa shape index (κ3) is 6.07. The van der Waals surface area contributed by atoms with Crippen LogP contribution in [0.15, 0.2) is 64.5 Å². The Morgan fingerprint density at radius 1 is 1.06 bits per heavy atom. The first-order valence-electron chi connectivity index (χ1n) is 10.9. The van der Waals surface area contributed by atoms with Gasteiger partial charge < -0.3 is 10.6 Å². The average Bonchev–Trinajstić information content (AvgIpc) is 3.64. The first-order valence-corrected chi connectivity index (χ1v) is 12.7. The number of carbonyl (C=O) groups excluding carboxylic acids is 1. The number of benzene rings is 2. The van der Waals surface area contributed by atoms with Gasteiger partial charge in [-0.3, -0.25) is 4.79 Å². The van der Waals surface area contributed by atoms with Crippen LogP contribution >= 0.6 is 23.5 Å². The molecule has 1 aromatic heterocycles. The van der Waals surface area contributed by atoms with E-state index in [0.29, 0.717) is 11.6 Å². The molecule has 0 atom stereocenters. The second-order valence-corrected chi connectivity index (χ2v) is 10.3. The molecule has 4 nitrogen and oxygen atoms in total. The molecule has 4 rings (SSSR count). The number of alkyl halides is 3. The lowest BCUT2D eigenvalue weighted by molar-refractivity contribution is -0.0328. The van der Waals surface area contributed by atoms with Crippen LogP contribution < -0.4 is 10.6 Å². The van der Waals surface area contributed by atoms with Crippen molar-refractivity contribution < 1.29 is 18.0 Å². The Hall–Kier alpha value is -2.65. The SMILES string of the molecule is CCSc1cc(-c2ccc(C3CC3)cc2)cnc1C(=O)Nc1cc(SC(F)(F)F)ccc1NC. The van der Waals surface area contributed by atoms with Gasteiger partial charge in [-0.1, -0.05) is 31.2 Å². The van der Waals surface area contributed by atoms with E-state index in [2.05, 4.69) is 39.9 Å². The zero-order chi connectivity index (χ0) is 24.3. The van der Waals surface area contributed by atoms with Crippen molar-refractivity contribution in [3.8, 4) is 11.1 Å². The van der Waals surface area contributed by atoms with Crippen LogP contribution in [0.25, 0.3) is 11.1 Å². The maximum atomic E-state index is 13.1. The predicted molar refractivity (Wildman–Crippen MR) is 134 cm³/mol. The monoisotopic (exact) mass is 503 g/mol. The molecule has 0 aliphatic heterocycles. The molecule has 2 aromatic carbocycles. The molecule has 1 aliphatic carbocycles. The number of hydrogen-bond donors (Lipinski definition) is 2. The molecule has 9 heteroatoms. The Morgan fingerprint density at radius 2 is 1.79 bits per heavy atom. The number of thioether (sulfide) groups is 2. The van der Waals surface area contributed by atoms with E-state index in [9.17, 15) is 18.0 Å². The van der Waals surface area contributed by atoms with E-state index in [1.54, 1.807) is 13.2 Å². The number of rotatable bonds is 8. The Bertz CT molecular complexity index is 1180. The van der Waals surface area contributed by atoms with Gasteiger partial charge >= 0.3 is 5.51 Å².